The quantitative estimate of drug-likeness (QED) is 0.877. The van der Waals surface area contributed by atoms with Crippen LogP contribution in [0, 0.1) is 6.92 Å². The van der Waals surface area contributed by atoms with E-state index < -0.39 is 6.04 Å². The molecule has 0 spiro atoms. The molecule has 2 aromatic rings. The van der Waals surface area contributed by atoms with Gasteiger partial charge in [-0.1, -0.05) is 28.9 Å². The van der Waals surface area contributed by atoms with E-state index in [1.807, 2.05) is 0 Å². The summed E-state index contributed by atoms with van der Waals surface area (Å²) >= 11 is 5.98. The van der Waals surface area contributed by atoms with Gasteiger partial charge in [-0.3, -0.25) is 9.59 Å². The van der Waals surface area contributed by atoms with Crippen LogP contribution in [0.3, 0.4) is 0 Å². The number of aldehydes is 1. The number of hydrogen-bond acceptors (Lipinski definition) is 4. The largest absolute Gasteiger partial charge is 0.323 e. The molecule has 0 aliphatic rings. The molecule has 0 radical (unpaired) electrons. The molecule has 1 unspecified atom stereocenters. The molecule has 20 heavy (non-hydrogen) atoms. The second-order valence-corrected chi connectivity index (χ2v) is 4.67. The van der Waals surface area contributed by atoms with Crippen LogP contribution in [0.1, 0.15) is 29.1 Å². The van der Waals surface area contributed by atoms with Gasteiger partial charge in [0.15, 0.2) is 6.29 Å². The maximum atomic E-state index is 12.2. The Morgan fingerprint density at radius 2 is 2.15 bits per heavy atom. The van der Waals surface area contributed by atoms with Gasteiger partial charge in [-0.15, -0.1) is 5.10 Å². The smallest absolute Gasteiger partial charge is 0.249 e. The highest BCUT2D eigenvalue weighted by atomic mass is 35.5. The third-order valence-corrected chi connectivity index (χ3v) is 3.28. The van der Waals surface area contributed by atoms with Crippen molar-refractivity contribution in [1.29, 1.82) is 0 Å². The van der Waals surface area contributed by atoms with Crippen molar-refractivity contribution in [3.63, 3.8) is 0 Å². The van der Waals surface area contributed by atoms with Crippen LogP contribution in [0.2, 0.25) is 5.02 Å². The molecule has 1 heterocycles. The predicted octanol–water partition coefficient (Wildman–Crippen LogP) is 2.25. The molecule has 1 aromatic heterocycles. The van der Waals surface area contributed by atoms with E-state index in [4.69, 9.17) is 11.6 Å². The monoisotopic (exact) mass is 292 g/mol. The molecule has 1 atom stereocenters. The highest BCUT2D eigenvalue weighted by Crippen LogP contribution is 2.22. The summed E-state index contributed by atoms with van der Waals surface area (Å²) in [6.45, 7) is 3.35. The number of carbonyl (C=O) groups is 2. The highest BCUT2D eigenvalue weighted by Gasteiger charge is 2.20. The van der Waals surface area contributed by atoms with Crippen molar-refractivity contribution in [3.8, 4) is 0 Å². The zero-order valence-electron chi connectivity index (χ0n) is 11.0. The Hall–Kier alpha value is -2.21. The Labute approximate surface area is 120 Å². The molecule has 0 saturated heterocycles. The average molecular weight is 293 g/mol. The van der Waals surface area contributed by atoms with Crippen LogP contribution in [0.4, 0.5) is 5.69 Å². The third-order valence-electron chi connectivity index (χ3n) is 2.95. The van der Waals surface area contributed by atoms with E-state index in [1.165, 1.54) is 4.68 Å². The first-order valence-corrected chi connectivity index (χ1v) is 6.34. The first kappa shape index (κ1) is 14.2. The first-order chi connectivity index (χ1) is 9.54. The van der Waals surface area contributed by atoms with Crippen LogP contribution in [0.5, 0.6) is 0 Å². The van der Waals surface area contributed by atoms with Gasteiger partial charge in [0.05, 0.1) is 16.4 Å². The summed E-state index contributed by atoms with van der Waals surface area (Å²) < 4.78 is 1.40. The van der Waals surface area contributed by atoms with Crippen LogP contribution >= 0.6 is 11.6 Å². The predicted molar refractivity (Wildman–Crippen MR) is 74.9 cm³/mol. The van der Waals surface area contributed by atoms with E-state index in [0.717, 1.165) is 0 Å². The molecule has 0 fully saturated rings. The molecule has 0 aliphatic carbocycles. The number of halogens is 1. The summed E-state index contributed by atoms with van der Waals surface area (Å²) in [4.78, 5) is 22.9. The minimum Gasteiger partial charge on any atom is -0.323 e. The fourth-order valence-electron chi connectivity index (χ4n) is 1.74. The van der Waals surface area contributed by atoms with E-state index in [0.29, 0.717) is 22.7 Å². The van der Waals surface area contributed by atoms with Gasteiger partial charge in [-0.05, 0) is 26.0 Å². The average Bonchev–Trinajstić information content (AvgIpc) is 2.81. The minimum absolute atomic E-state index is 0.224. The normalized spacial score (nSPS) is 11.9. The molecule has 0 aliphatic heterocycles. The topological polar surface area (TPSA) is 76.9 Å². The van der Waals surface area contributed by atoms with Crippen molar-refractivity contribution in [2.24, 2.45) is 0 Å². The van der Waals surface area contributed by atoms with Crippen molar-refractivity contribution in [1.82, 2.24) is 15.0 Å². The molecular formula is C13H13ClN4O2. The van der Waals surface area contributed by atoms with Crippen molar-refractivity contribution in [2.75, 3.05) is 5.32 Å². The van der Waals surface area contributed by atoms with Gasteiger partial charge in [0.1, 0.15) is 11.7 Å². The summed E-state index contributed by atoms with van der Waals surface area (Å²) in [7, 11) is 0. The molecular weight excluding hydrogens is 280 g/mol. The fourth-order valence-corrected chi connectivity index (χ4v) is 1.92. The Bertz CT molecular complexity index is 654. The number of anilines is 1. The van der Waals surface area contributed by atoms with Gasteiger partial charge in [0, 0.05) is 0 Å². The Kier molecular flexibility index (Phi) is 4.14. The maximum Gasteiger partial charge on any atom is 0.249 e. The Morgan fingerprint density at radius 3 is 2.75 bits per heavy atom. The van der Waals surface area contributed by atoms with Crippen molar-refractivity contribution in [2.45, 2.75) is 19.9 Å². The zero-order valence-corrected chi connectivity index (χ0v) is 11.8. The highest BCUT2D eigenvalue weighted by molar-refractivity contribution is 6.33. The summed E-state index contributed by atoms with van der Waals surface area (Å²) in [5.74, 6) is -0.288. The zero-order chi connectivity index (χ0) is 14.7. The van der Waals surface area contributed by atoms with Crippen molar-refractivity contribution in [3.05, 3.63) is 40.7 Å². The number of amides is 1. The molecule has 1 aromatic carbocycles. The SMILES string of the molecule is Cc1c(C=O)nnn1C(C)C(=O)Nc1ccccc1Cl. The molecule has 0 saturated carbocycles. The van der Waals surface area contributed by atoms with Crippen LogP contribution < -0.4 is 5.32 Å². The third kappa shape index (κ3) is 2.70. The molecule has 6 nitrogen and oxygen atoms in total. The lowest BCUT2D eigenvalue weighted by atomic mass is 10.2. The second-order valence-electron chi connectivity index (χ2n) is 4.27. The number of rotatable bonds is 4. The lowest BCUT2D eigenvalue weighted by Gasteiger charge is -2.14. The number of carbonyl (C=O) groups excluding carboxylic acids is 2. The number of nitrogens with zero attached hydrogens (tertiary/aromatic N) is 3. The number of para-hydroxylation sites is 1. The summed E-state index contributed by atoms with van der Waals surface area (Å²) in [6.07, 6.45) is 0.609. The summed E-state index contributed by atoms with van der Waals surface area (Å²) in [5, 5.41) is 10.7. The summed E-state index contributed by atoms with van der Waals surface area (Å²) in [6, 6.07) is 6.34. The fraction of sp³-hybridized carbons (Fsp3) is 0.231. The number of nitrogens with one attached hydrogen (secondary N) is 1. The second kappa shape index (κ2) is 5.83. The molecule has 1 N–H and O–H groups in total. The Balaban J connectivity index is 2.19. The number of hydrogen-bond donors (Lipinski definition) is 1. The molecule has 2 rings (SSSR count). The van der Waals surface area contributed by atoms with E-state index in [9.17, 15) is 9.59 Å². The number of benzene rings is 1. The van der Waals surface area contributed by atoms with E-state index in [-0.39, 0.29) is 11.6 Å². The minimum atomic E-state index is -0.604. The standard InChI is InChI=1S/C13H13ClN4O2/c1-8-12(7-19)16-17-18(8)9(2)13(20)15-11-6-4-3-5-10(11)14/h3-7,9H,1-2H3,(H,15,20). The van der Waals surface area contributed by atoms with Crippen molar-refractivity contribution >= 4 is 29.5 Å². The van der Waals surface area contributed by atoms with Crippen LogP contribution in [-0.2, 0) is 4.79 Å². The van der Waals surface area contributed by atoms with Gasteiger partial charge in [0.25, 0.3) is 0 Å². The van der Waals surface area contributed by atoms with Crippen LogP contribution in [0.15, 0.2) is 24.3 Å². The Morgan fingerprint density at radius 1 is 1.45 bits per heavy atom. The van der Waals surface area contributed by atoms with Gasteiger partial charge >= 0.3 is 0 Å². The maximum absolute atomic E-state index is 12.2. The summed E-state index contributed by atoms with van der Waals surface area (Å²) in [5.41, 5.74) is 1.29. The van der Waals surface area contributed by atoms with Crippen LogP contribution in [0.25, 0.3) is 0 Å². The lowest BCUT2D eigenvalue weighted by molar-refractivity contribution is -0.119. The van der Waals surface area contributed by atoms with Gasteiger partial charge in [-0.25, -0.2) is 4.68 Å². The van der Waals surface area contributed by atoms with E-state index in [1.54, 1.807) is 38.1 Å². The lowest BCUT2D eigenvalue weighted by Crippen LogP contribution is -2.25. The van der Waals surface area contributed by atoms with Gasteiger partial charge < -0.3 is 5.32 Å². The molecule has 104 valence electrons. The van der Waals surface area contributed by atoms with Gasteiger partial charge in [0.2, 0.25) is 5.91 Å². The van der Waals surface area contributed by atoms with Crippen LogP contribution in [-0.4, -0.2) is 27.2 Å². The molecule has 0 bridgehead atoms. The number of aromatic nitrogens is 3. The first-order valence-electron chi connectivity index (χ1n) is 5.97. The molecule has 7 heteroatoms. The molecule has 1 amide bonds. The van der Waals surface area contributed by atoms with E-state index >= 15 is 0 Å². The van der Waals surface area contributed by atoms with Gasteiger partial charge in [-0.2, -0.15) is 0 Å². The van der Waals surface area contributed by atoms with E-state index in [2.05, 4.69) is 15.6 Å². The van der Waals surface area contributed by atoms with Crippen molar-refractivity contribution < 1.29 is 9.59 Å².